The van der Waals surface area contributed by atoms with Crippen molar-refractivity contribution in [2.45, 2.75) is 12.5 Å². The maximum atomic E-state index is 12.2. The lowest BCUT2D eigenvalue weighted by Gasteiger charge is -2.46. The average Bonchev–Trinajstić information content (AvgIpc) is 2.84. The molecule has 7 heteroatoms. The van der Waals surface area contributed by atoms with Crippen LogP contribution < -0.4 is 10.5 Å². The Morgan fingerprint density at radius 2 is 1.94 bits per heavy atom. The summed E-state index contributed by atoms with van der Waals surface area (Å²) in [6, 6.07) is 21.4. The normalized spacial score (nSPS) is 21.8. The number of nitriles is 2. The van der Waals surface area contributed by atoms with E-state index in [1.54, 1.807) is 25.3 Å². The quantitative estimate of drug-likeness (QED) is 0.732. The number of nitrogens with two attached hydrogens (primary N) is 1. The molecule has 0 spiro atoms. The van der Waals surface area contributed by atoms with Crippen molar-refractivity contribution in [2.75, 3.05) is 20.2 Å². The Morgan fingerprint density at radius 3 is 2.58 bits per heavy atom. The summed E-state index contributed by atoms with van der Waals surface area (Å²) in [5.74, 6) is -1.70. The van der Waals surface area contributed by atoms with Gasteiger partial charge in [0.25, 0.3) is 0 Å². The van der Waals surface area contributed by atoms with Crippen LogP contribution in [0.3, 0.4) is 0 Å². The molecule has 166 valence electrons. The second-order valence-corrected chi connectivity index (χ2v) is 8.33. The maximum Gasteiger partial charge on any atom is 0.337 e. The fourth-order valence-corrected chi connectivity index (χ4v) is 5.04. The van der Waals surface area contributed by atoms with E-state index in [0.717, 1.165) is 5.56 Å². The molecule has 7 nitrogen and oxygen atoms in total. The molecule has 33 heavy (non-hydrogen) atoms. The van der Waals surface area contributed by atoms with Crippen LogP contribution in [0.25, 0.3) is 0 Å². The molecule has 1 aliphatic heterocycles. The van der Waals surface area contributed by atoms with Gasteiger partial charge in [-0.1, -0.05) is 48.5 Å². The molecule has 2 aromatic rings. The van der Waals surface area contributed by atoms with Crippen LogP contribution in [-0.4, -0.2) is 36.2 Å². The first-order chi connectivity index (χ1) is 15.9. The van der Waals surface area contributed by atoms with Crippen LogP contribution in [0.1, 0.15) is 17.0 Å². The molecule has 1 aliphatic carbocycles. The minimum absolute atomic E-state index is 0.124. The number of aliphatic carboxylic acids is 1. The van der Waals surface area contributed by atoms with Gasteiger partial charge in [-0.25, -0.2) is 4.79 Å². The summed E-state index contributed by atoms with van der Waals surface area (Å²) in [6.45, 7) is 1.69. The lowest BCUT2D eigenvalue weighted by molar-refractivity contribution is -0.132. The highest BCUT2D eigenvalue weighted by atomic mass is 16.5. The summed E-state index contributed by atoms with van der Waals surface area (Å²) in [5.41, 5.74) is 6.59. The van der Waals surface area contributed by atoms with Gasteiger partial charge in [-0.2, -0.15) is 10.5 Å². The molecule has 0 saturated heterocycles. The third-order valence-electron chi connectivity index (χ3n) is 6.54. The lowest BCUT2D eigenvalue weighted by atomic mass is 9.58. The van der Waals surface area contributed by atoms with Crippen molar-refractivity contribution in [3.8, 4) is 17.9 Å². The van der Waals surface area contributed by atoms with Crippen LogP contribution in [0.4, 0.5) is 0 Å². The minimum atomic E-state index is -1.82. The van der Waals surface area contributed by atoms with E-state index in [1.807, 2.05) is 42.5 Å². The zero-order chi connectivity index (χ0) is 23.6. The van der Waals surface area contributed by atoms with E-state index in [0.29, 0.717) is 36.5 Å². The van der Waals surface area contributed by atoms with Gasteiger partial charge in [-0.15, -0.1) is 0 Å². The largest absolute Gasteiger partial charge is 0.497 e. The number of carboxylic acid groups (broad SMARTS) is 1. The predicted octanol–water partition coefficient (Wildman–Crippen LogP) is 3.18. The summed E-state index contributed by atoms with van der Waals surface area (Å²) < 4.78 is 5.38. The molecule has 0 amide bonds. The molecule has 2 atom stereocenters. The molecule has 0 unspecified atom stereocenters. The van der Waals surface area contributed by atoms with E-state index >= 15 is 0 Å². The van der Waals surface area contributed by atoms with E-state index in [4.69, 9.17) is 10.5 Å². The number of hydrogen-bond donors (Lipinski definition) is 2. The zero-order valence-electron chi connectivity index (χ0n) is 18.2. The molecule has 0 fully saturated rings. The SMILES string of the molecule is COc1cccc([C@@H]2[C@H]3CN(Cc4ccccc4)CC=C3C(C(=O)O)=C(N)C2(C#N)C#N)c1. The van der Waals surface area contributed by atoms with Crippen molar-refractivity contribution in [3.63, 3.8) is 0 Å². The number of nitrogens with zero attached hydrogens (tertiary/aromatic N) is 3. The Bertz CT molecular complexity index is 1210. The van der Waals surface area contributed by atoms with Crippen LogP contribution in [-0.2, 0) is 11.3 Å². The number of carboxylic acids is 1. The molecular weight excluding hydrogens is 416 g/mol. The van der Waals surface area contributed by atoms with Crippen LogP contribution in [0.2, 0.25) is 0 Å². The number of hydrogen-bond acceptors (Lipinski definition) is 6. The van der Waals surface area contributed by atoms with Crippen molar-refractivity contribution in [2.24, 2.45) is 17.1 Å². The van der Waals surface area contributed by atoms with E-state index in [1.165, 1.54) is 0 Å². The number of carbonyl (C=O) groups is 1. The topological polar surface area (TPSA) is 123 Å². The molecule has 2 aliphatic rings. The Labute approximate surface area is 192 Å². The molecule has 0 saturated carbocycles. The second kappa shape index (κ2) is 8.82. The number of fused-ring (bicyclic) bond motifs is 1. The van der Waals surface area contributed by atoms with Gasteiger partial charge in [0.2, 0.25) is 0 Å². The first-order valence-electron chi connectivity index (χ1n) is 10.6. The maximum absolute atomic E-state index is 12.2. The predicted molar refractivity (Wildman–Crippen MR) is 122 cm³/mol. The smallest absolute Gasteiger partial charge is 0.337 e. The minimum Gasteiger partial charge on any atom is -0.497 e. The molecule has 0 bridgehead atoms. The summed E-state index contributed by atoms with van der Waals surface area (Å²) in [7, 11) is 1.55. The summed E-state index contributed by atoms with van der Waals surface area (Å²) in [6.07, 6.45) is 1.87. The molecule has 4 rings (SSSR count). The van der Waals surface area contributed by atoms with Crippen molar-refractivity contribution >= 4 is 5.97 Å². The summed E-state index contributed by atoms with van der Waals surface area (Å²) in [5, 5.41) is 30.4. The van der Waals surface area contributed by atoms with Gasteiger partial charge < -0.3 is 15.6 Å². The van der Waals surface area contributed by atoms with Crippen LogP contribution in [0.5, 0.6) is 5.75 Å². The highest BCUT2D eigenvalue weighted by Crippen LogP contribution is 2.54. The van der Waals surface area contributed by atoms with Gasteiger partial charge in [-0.05, 0) is 28.8 Å². The standard InChI is InChI=1S/C26H24N4O3/c1-33-19-9-5-8-18(12-19)23-21-14-30(13-17-6-3-2-4-7-17)11-10-20(21)22(25(31)32)24(29)26(23,15-27)16-28/h2-10,12,21,23H,11,13-14,29H2,1H3,(H,31,32)/t21-,23+/m0/s1. The molecule has 0 radical (unpaired) electrons. The third kappa shape index (κ3) is 3.73. The highest BCUT2D eigenvalue weighted by Gasteiger charge is 2.55. The molecule has 2 aromatic carbocycles. The number of ether oxygens (including phenoxy) is 1. The fraction of sp³-hybridized carbons (Fsp3) is 0.269. The van der Waals surface area contributed by atoms with Gasteiger partial charge in [0, 0.05) is 31.5 Å². The van der Waals surface area contributed by atoms with Crippen molar-refractivity contribution in [3.05, 3.63) is 88.6 Å². The Hall–Kier alpha value is -4.07. The molecular formula is C26H24N4O3. The summed E-state index contributed by atoms with van der Waals surface area (Å²) in [4.78, 5) is 14.4. The first kappa shape index (κ1) is 22.1. The van der Waals surface area contributed by atoms with Crippen LogP contribution >= 0.6 is 0 Å². The average molecular weight is 441 g/mol. The van der Waals surface area contributed by atoms with Crippen molar-refractivity contribution in [1.29, 1.82) is 10.5 Å². The Kier molecular flexibility index (Phi) is 5.91. The zero-order valence-corrected chi connectivity index (χ0v) is 18.2. The fourth-order valence-electron chi connectivity index (χ4n) is 5.04. The highest BCUT2D eigenvalue weighted by molar-refractivity contribution is 5.94. The monoisotopic (exact) mass is 440 g/mol. The van der Waals surface area contributed by atoms with E-state index in [-0.39, 0.29) is 11.3 Å². The first-order valence-corrected chi connectivity index (χ1v) is 10.6. The lowest BCUT2D eigenvalue weighted by Crippen LogP contribution is -2.48. The number of rotatable bonds is 5. The third-order valence-corrected chi connectivity index (χ3v) is 6.54. The van der Waals surface area contributed by atoms with E-state index < -0.39 is 23.2 Å². The Morgan fingerprint density at radius 1 is 1.21 bits per heavy atom. The van der Waals surface area contributed by atoms with Gasteiger partial charge in [-0.3, -0.25) is 4.90 Å². The molecule has 0 aromatic heterocycles. The van der Waals surface area contributed by atoms with Crippen LogP contribution in [0, 0.1) is 34.0 Å². The Balaban J connectivity index is 1.88. The number of methoxy groups -OCH3 is 1. The van der Waals surface area contributed by atoms with E-state index in [2.05, 4.69) is 17.0 Å². The van der Waals surface area contributed by atoms with Crippen LogP contribution in [0.15, 0.2) is 77.5 Å². The number of benzene rings is 2. The summed E-state index contributed by atoms with van der Waals surface area (Å²) >= 11 is 0. The van der Waals surface area contributed by atoms with Gasteiger partial charge >= 0.3 is 5.97 Å². The van der Waals surface area contributed by atoms with E-state index in [9.17, 15) is 20.4 Å². The molecule has 1 heterocycles. The van der Waals surface area contributed by atoms with Crippen molar-refractivity contribution in [1.82, 2.24) is 4.90 Å². The molecule has 3 N–H and O–H groups in total. The number of allylic oxidation sites excluding steroid dienone is 1. The van der Waals surface area contributed by atoms with Gasteiger partial charge in [0.05, 0.1) is 30.5 Å². The van der Waals surface area contributed by atoms with Gasteiger partial charge in [0.1, 0.15) is 5.75 Å². The second-order valence-electron chi connectivity index (χ2n) is 8.33. The van der Waals surface area contributed by atoms with Crippen molar-refractivity contribution < 1.29 is 14.6 Å². The van der Waals surface area contributed by atoms with Gasteiger partial charge in [0.15, 0.2) is 5.41 Å².